The van der Waals surface area contributed by atoms with Crippen molar-refractivity contribution in [3.8, 4) is 5.75 Å². The van der Waals surface area contributed by atoms with Crippen LogP contribution in [0.4, 0.5) is 0 Å². The molecule has 2 aromatic carbocycles. The first kappa shape index (κ1) is 14.1. The van der Waals surface area contributed by atoms with Crippen molar-refractivity contribution in [2.75, 3.05) is 6.61 Å². The number of benzene rings is 2. The van der Waals surface area contributed by atoms with E-state index in [1.165, 1.54) is 5.56 Å². The molecule has 2 aromatic rings. The zero-order valence-corrected chi connectivity index (χ0v) is 12.2. The van der Waals surface area contributed by atoms with Gasteiger partial charge in [-0.3, -0.25) is 0 Å². The Balaban J connectivity index is 2.02. The predicted octanol–water partition coefficient (Wildman–Crippen LogP) is 3.55. The predicted molar refractivity (Wildman–Crippen MR) is 80.2 cm³/mol. The molecule has 2 nitrogen and oxygen atoms in total. The van der Waals surface area contributed by atoms with Crippen LogP contribution in [-0.4, -0.2) is 16.8 Å². The summed E-state index contributed by atoms with van der Waals surface area (Å²) in [7, 11) is 0. The Morgan fingerprint density at radius 1 is 0.947 bits per heavy atom. The third-order valence-corrected chi connectivity index (χ3v) is 3.63. The van der Waals surface area contributed by atoms with E-state index < -0.39 is 0 Å². The van der Waals surface area contributed by atoms with E-state index in [0.29, 0.717) is 0 Å². The largest absolute Gasteiger partial charge is 0.508 e. The van der Waals surface area contributed by atoms with E-state index in [0.717, 1.165) is 22.9 Å². The fourth-order valence-corrected chi connectivity index (χ4v) is 2.61. The summed E-state index contributed by atoms with van der Waals surface area (Å²) in [5.74, 6) is 0.468. The van der Waals surface area contributed by atoms with Crippen LogP contribution >= 0.6 is 15.9 Å². The van der Waals surface area contributed by atoms with E-state index in [-0.39, 0.29) is 18.3 Å². The van der Waals surface area contributed by atoms with Gasteiger partial charge in [0, 0.05) is 11.1 Å². The van der Waals surface area contributed by atoms with E-state index in [4.69, 9.17) is 0 Å². The second-order valence-electron chi connectivity index (χ2n) is 4.75. The standard InChI is InChI=1S/C16H17BrO2/c17-15-3-1-2-13(10-15)9-14(11-18)8-12-4-6-16(19)7-5-12/h1-7,10,14,18-19H,8-9,11H2. The summed E-state index contributed by atoms with van der Waals surface area (Å²) in [6.07, 6.45) is 1.65. The summed E-state index contributed by atoms with van der Waals surface area (Å²) >= 11 is 3.46. The van der Waals surface area contributed by atoms with Crippen LogP contribution < -0.4 is 0 Å². The minimum absolute atomic E-state index is 0.160. The van der Waals surface area contributed by atoms with E-state index in [1.54, 1.807) is 12.1 Å². The lowest BCUT2D eigenvalue weighted by Gasteiger charge is -2.14. The number of phenolic OH excluding ortho intramolecular Hbond substituents is 1. The molecule has 0 spiro atoms. The van der Waals surface area contributed by atoms with Gasteiger partial charge in [-0.15, -0.1) is 0 Å². The molecule has 0 aliphatic carbocycles. The summed E-state index contributed by atoms with van der Waals surface area (Å²) < 4.78 is 1.06. The summed E-state index contributed by atoms with van der Waals surface area (Å²) in [6, 6.07) is 15.3. The number of phenols is 1. The fraction of sp³-hybridized carbons (Fsp3) is 0.250. The Kier molecular flexibility index (Phi) is 5.00. The summed E-state index contributed by atoms with van der Waals surface area (Å²) in [5, 5.41) is 18.8. The highest BCUT2D eigenvalue weighted by Gasteiger charge is 2.10. The lowest BCUT2D eigenvalue weighted by Crippen LogP contribution is -2.12. The van der Waals surface area contributed by atoms with Crippen LogP contribution in [0.5, 0.6) is 5.75 Å². The Morgan fingerprint density at radius 3 is 2.26 bits per heavy atom. The van der Waals surface area contributed by atoms with Gasteiger partial charge in [-0.2, -0.15) is 0 Å². The van der Waals surface area contributed by atoms with E-state index in [9.17, 15) is 10.2 Å². The molecule has 0 saturated carbocycles. The second kappa shape index (κ2) is 6.73. The van der Waals surface area contributed by atoms with Crippen molar-refractivity contribution in [3.05, 3.63) is 64.1 Å². The van der Waals surface area contributed by atoms with Crippen LogP contribution in [-0.2, 0) is 12.8 Å². The smallest absolute Gasteiger partial charge is 0.115 e. The third kappa shape index (κ3) is 4.37. The molecule has 0 aromatic heterocycles. The normalized spacial score (nSPS) is 12.3. The van der Waals surface area contributed by atoms with Crippen molar-refractivity contribution in [2.24, 2.45) is 5.92 Å². The molecule has 2 N–H and O–H groups in total. The van der Waals surface area contributed by atoms with E-state index >= 15 is 0 Å². The van der Waals surface area contributed by atoms with Gasteiger partial charge in [0.2, 0.25) is 0 Å². The zero-order chi connectivity index (χ0) is 13.7. The highest BCUT2D eigenvalue weighted by atomic mass is 79.9. The number of aliphatic hydroxyl groups is 1. The number of aromatic hydroxyl groups is 1. The maximum atomic E-state index is 9.51. The first-order valence-corrected chi connectivity index (χ1v) is 7.10. The van der Waals surface area contributed by atoms with Crippen LogP contribution in [0, 0.1) is 5.92 Å². The van der Waals surface area contributed by atoms with Gasteiger partial charge in [0.25, 0.3) is 0 Å². The number of hydrogen-bond acceptors (Lipinski definition) is 2. The summed E-state index contributed by atoms with van der Waals surface area (Å²) in [4.78, 5) is 0. The van der Waals surface area contributed by atoms with Crippen molar-refractivity contribution in [1.82, 2.24) is 0 Å². The molecule has 100 valence electrons. The average Bonchev–Trinajstić information content (AvgIpc) is 2.40. The van der Waals surface area contributed by atoms with Crippen LogP contribution in [0.1, 0.15) is 11.1 Å². The number of rotatable bonds is 5. The molecular weight excluding hydrogens is 304 g/mol. The maximum absolute atomic E-state index is 9.51. The monoisotopic (exact) mass is 320 g/mol. The van der Waals surface area contributed by atoms with E-state index in [1.807, 2.05) is 24.3 Å². The molecule has 0 bridgehead atoms. The Hall–Kier alpha value is -1.32. The van der Waals surface area contributed by atoms with Crippen molar-refractivity contribution in [2.45, 2.75) is 12.8 Å². The van der Waals surface area contributed by atoms with Crippen molar-refractivity contribution in [1.29, 1.82) is 0 Å². The summed E-state index contributed by atoms with van der Waals surface area (Å²) in [6.45, 7) is 0.160. The Morgan fingerprint density at radius 2 is 1.63 bits per heavy atom. The summed E-state index contributed by atoms with van der Waals surface area (Å²) in [5.41, 5.74) is 2.35. The zero-order valence-electron chi connectivity index (χ0n) is 10.6. The lowest BCUT2D eigenvalue weighted by molar-refractivity contribution is 0.225. The first-order chi connectivity index (χ1) is 9.17. The number of halogens is 1. The van der Waals surface area contributed by atoms with Gasteiger partial charge in [-0.25, -0.2) is 0 Å². The van der Waals surface area contributed by atoms with Crippen LogP contribution in [0.3, 0.4) is 0 Å². The van der Waals surface area contributed by atoms with Gasteiger partial charge in [-0.05, 0) is 54.2 Å². The molecule has 3 heteroatoms. The van der Waals surface area contributed by atoms with Gasteiger partial charge < -0.3 is 10.2 Å². The molecule has 0 aliphatic heterocycles. The van der Waals surface area contributed by atoms with Crippen molar-refractivity contribution >= 4 is 15.9 Å². The quantitative estimate of drug-likeness (QED) is 0.884. The van der Waals surface area contributed by atoms with Crippen LogP contribution in [0.2, 0.25) is 0 Å². The molecule has 0 radical (unpaired) electrons. The SMILES string of the molecule is OCC(Cc1ccc(O)cc1)Cc1cccc(Br)c1. The fourth-order valence-electron chi connectivity index (χ4n) is 2.16. The molecule has 0 heterocycles. The minimum atomic E-state index is 0.160. The van der Waals surface area contributed by atoms with Gasteiger partial charge in [0.05, 0.1) is 0 Å². The van der Waals surface area contributed by atoms with Gasteiger partial charge >= 0.3 is 0 Å². The molecule has 0 saturated heterocycles. The van der Waals surface area contributed by atoms with Gasteiger partial charge in [-0.1, -0.05) is 40.2 Å². The molecule has 0 fully saturated rings. The first-order valence-electron chi connectivity index (χ1n) is 6.30. The topological polar surface area (TPSA) is 40.5 Å². The van der Waals surface area contributed by atoms with Gasteiger partial charge in [0.15, 0.2) is 0 Å². The average molecular weight is 321 g/mol. The minimum Gasteiger partial charge on any atom is -0.508 e. The lowest BCUT2D eigenvalue weighted by atomic mass is 9.93. The Bertz CT molecular complexity index is 523. The number of aliphatic hydroxyl groups excluding tert-OH is 1. The molecular formula is C16H17BrO2. The van der Waals surface area contributed by atoms with Crippen LogP contribution in [0.15, 0.2) is 53.0 Å². The molecule has 1 unspecified atom stereocenters. The molecule has 19 heavy (non-hydrogen) atoms. The molecule has 2 rings (SSSR count). The van der Waals surface area contributed by atoms with E-state index in [2.05, 4.69) is 28.1 Å². The van der Waals surface area contributed by atoms with Crippen molar-refractivity contribution < 1.29 is 10.2 Å². The highest BCUT2D eigenvalue weighted by Crippen LogP contribution is 2.19. The Labute approximate surface area is 121 Å². The second-order valence-corrected chi connectivity index (χ2v) is 5.67. The maximum Gasteiger partial charge on any atom is 0.115 e. The number of hydrogen-bond donors (Lipinski definition) is 2. The van der Waals surface area contributed by atoms with Crippen LogP contribution in [0.25, 0.3) is 0 Å². The highest BCUT2D eigenvalue weighted by molar-refractivity contribution is 9.10. The molecule has 1 atom stereocenters. The third-order valence-electron chi connectivity index (χ3n) is 3.13. The van der Waals surface area contributed by atoms with Gasteiger partial charge in [0.1, 0.15) is 5.75 Å². The van der Waals surface area contributed by atoms with Crippen molar-refractivity contribution in [3.63, 3.8) is 0 Å². The molecule has 0 aliphatic rings. The molecule has 0 amide bonds.